The van der Waals surface area contributed by atoms with Crippen LogP contribution < -0.4 is 16.0 Å². The Kier molecular flexibility index (Phi) is 5.14. The minimum Gasteiger partial charge on any atom is -0.370 e. The number of nitrogens with zero attached hydrogens (tertiary/aromatic N) is 3. The molecule has 2 heterocycles. The lowest BCUT2D eigenvalue weighted by atomic mass is 10.0. The van der Waals surface area contributed by atoms with Crippen molar-refractivity contribution in [3.63, 3.8) is 0 Å². The first-order valence-corrected chi connectivity index (χ1v) is 7.41. The lowest BCUT2D eigenvalue weighted by Gasteiger charge is -2.36. The SMILES string of the molecule is CC(N)C(=O)Nc1ccc(N(C)C2CCN(C)CC2)cn1. The monoisotopic (exact) mass is 291 g/mol. The predicted molar refractivity (Wildman–Crippen MR) is 85.4 cm³/mol. The second-order valence-electron chi connectivity index (χ2n) is 5.82. The fraction of sp³-hybridized carbons (Fsp3) is 0.600. The molecule has 6 nitrogen and oxygen atoms in total. The average Bonchev–Trinajstić information content (AvgIpc) is 2.48. The van der Waals surface area contributed by atoms with E-state index in [0.29, 0.717) is 11.9 Å². The third kappa shape index (κ3) is 4.15. The largest absolute Gasteiger partial charge is 0.370 e. The van der Waals surface area contributed by atoms with Gasteiger partial charge in [0.1, 0.15) is 5.82 Å². The Balaban J connectivity index is 1.96. The van der Waals surface area contributed by atoms with E-state index in [1.165, 1.54) is 0 Å². The Morgan fingerprint density at radius 3 is 2.67 bits per heavy atom. The van der Waals surface area contributed by atoms with Gasteiger partial charge >= 0.3 is 0 Å². The fourth-order valence-electron chi connectivity index (χ4n) is 2.50. The maximum Gasteiger partial charge on any atom is 0.242 e. The molecule has 1 fully saturated rings. The van der Waals surface area contributed by atoms with Gasteiger partial charge in [0.25, 0.3) is 0 Å². The molecule has 1 saturated heterocycles. The second-order valence-corrected chi connectivity index (χ2v) is 5.82. The Hall–Kier alpha value is -1.66. The van der Waals surface area contributed by atoms with E-state index >= 15 is 0 Å². The van der Waals surface area contributed by atoms with Crippen molar-refractivity contribution < 1.29 is 4.79 Å². The van der Waals surface area contributed by atoms with E-state index < -0.39 is 6.04 Å². The van der Waals surface area contributed by atoms with Crippen LogP contribution in [0.3, 0.4) is 0 Å². The van der Waals surface area contributed by atoms with Crippen molar-refractivity contribution in [1.29, 1.82) is 0 Å². The van der Waals surface area contributed by atoms with Crippen LogP contribution in [0.5, 0.6) is 0 Å². The average molecular weight is 291 g/mol. The number of likely N-dealkylation sites (tertiary alicyclic amines) is 1. The number of aromatic nitrogens is 1. The number of amides is 1. The third-order valence-electron chi connectivity index (χ3n) is 4.06. The number of carbonyl (C=O) groups excluding carboxylic acids is 1. The maximum atomic E-state index is 11.5. The molecule has 1 aromatic heterocycles. The molecule has 0 saturated carbocycles. The van der Waals surface area contributed by atoms with Gasteiger partial charge in [0.2, 0.25) is 5.91 Å². The molecule has 0 radical (unpaired) electrons. The molecule has 1 aliphatic heterocycles. The highest BCUT2D eigenvalue weighted by Gasteiger charge is 2.21. The molecule has 1 amide bonds. The predicted octanol–water partition coefficient (Wildman–Crippen LogP) is 0.898. The topological polar surface area (TPSA) is 74.5 Å². The molecule has 1 aromatic rings. The molecular formula is C15H25N5O. The number of carbonyl (C=O) groups is 1. The summed E-state index contributed by atoms with van der Waals surface area (Å²) in [7, 11) is 4.26. The molecule has 0 bridgehead atoms. The van der Waals surface area contributed by atoms with Crippen LogP contribution >= 0.6 is 0 Å². The van der Waals surface area contributed by atoms with E-state index in [-0.39, 0.29) is 5.91 Å². The molecule has 0 aliphatic carbocycles. The molecule has 6 heteroatoms. The van der Waals surface area contributed by atoms with Crippen LogP contribution in [0.4, 0.5) is 11.5 Å². The van der Waals surface area contributed by atoms with Crippen molar-refractivity contribution in [3.05, 3.63) is 18.3 Å². The fourth-order valence-corrected chi connectivity index (χ4v) is 2.50. The van der Waals surface area contributed by atoms with E-state index in [4.69, 9.17) is 5.73 Å². The number of nitrogens with one attached hydrogen (secondary N) is 1. The van der Waals surface area contributed by atoms with Crippen molar-refractivity contribution in [1.82, 2.24) is 9.88 Å². The summed E-state index contributed by atoms with van der Waals surface area (Å²) in [5.74, 6) is 0.316. The van der Waals surface area contributed by atoms with Gasteiger partial charge in [-0.2, -0.15) is 0 Å². The van der Waals surface area contributed by atoms with Crippen molar-refractivity contribution in [2.75, 3.05) is 37.4 Å². The molecule has 3 N–H and O–H groups in total. The molecule has 1 aliphatic rings. The van der Waals surface area contributed by atoms with Gasteiger partial charge in [-0.15, -0.1) is 0 Å². The van der Waals surface area contributed by atoms with Crippen molar-refractivity contribution in [2.45, 2.75) is 31.8 Å². The normalized spacial score (nSPS) is 18.3. The molecule has 2 rings (SSSR count). The standard InChI is InChI=1S/C15H25N5O/c1-11(16)15(21)18-14-5-4-13(10-17-14)20(3)12-6-8-19(2)9-7-12/h4-5,10-12H,6-9,16H2,1-3H3,(H,17,18,21). The Morgan fingerprint density at radius 1 is 1.48 bits per heavy atom. The minimum absolute atomic E-state index is 0.223. The lowest BCUT2D eigenvalue weighted by molar-refractivity contribution is -0.117. The third-order valence-corrected chi connectivity index (χ3v) is 4.06. The summed E-state index contributed by atoms with van der Waals surface area (Å²) in [4.78, 5) is 20.4. The highest BCUT2D eigenvalue weighted by atomic mass is 16.2. The number of anilines is 2. The molecule has 0 spiro atoms. The van der Waals surface area contributed by atoms with Gasteiger partial charge in [0.15, 0.2) is 0 Å². The van der Waals surface area contributed by atoms with Gasteiger partial charge in [-0.05, 0) is 52.0 Å². The smallest absolute Gasteiger partial charge is 0.242 e. The Bertz CT molecular complexity index is 465. The van der Waals surface area contributed by atoms with Crippen LogP contribution in [0, 0.1) is 0 Å². The molecule has 21 heavy (non-hydrogen) atoms. The van der Waals surface area contributed by atoms with E-state index in [9.17, 15) is 4.79 Å². The molecule has 1 unspecified atom stereocenters. The number of rotatable bonds is 4. The minimum atomic E-state index is -0.534. The van der Waals surface area contributed by atoms with Crippen LogP contribution in [0.1, 0.15) is 19.8 Å². The molecule has 0 aromatic carbocycles. The molecule has 1 atom stereocenters. The number of hydrogen-bond donors (Lipinski definition) is 2. The highest BCUT2D eigenvalue weighted by Crippen LogP contribution is 2.21. The summed E-state index contributed by atoms with van der Waals surface area (Å²) in [5, 5.41) is 2.69. The number of hydrogen-bond acceptors (Lipinski definition) is 5. The van der Waals surface area contributed by atoms with Crippen molar-refractivity contribution in [3.8, 4) is 0 Å². The molecular weight excluding hydrogens is 266 g/mol. The summed E-state index contributed by atoms with van der Waals surface area (Å²) in [6.45, 7) is 3.91. The van der Waals surface area contributed by atoms with Gasteiger partial charge in [-0.3, -0.25) is 4.79 Å². The first kappa shape index (κ1) is 15.7. The Morgan fingerprint density at radius 2 is 2.14 bits per heavy atom. The summed E-state index contributed by atoms with van der Waals surface area (Å²) in [6, 6.07) is 3.82. The second kappa shape index (κ2) is 6.87. The first-order valence-electron chi connectivity index (χ1n) is 7.41. The van der Waals surface area contributed by atoms with E-state index in [2.05, 4.69) is 34.2 Å². The van der Waals surface area contributed by atoms with E-state index in [1.54, 1.807) is 13.1 Å². The molecule has 116 valence electrons. The maximum absolute atomic E-state index is 11.5. The number of nitrogens with two attached hydrogens (primary N) is 1. The van der Waals surface area contributed by atoms with Gasteiger partial charge in [-0.1, -0.05) is 0 Å². The zero-order chi connectivity index (χ0) is 15.4. The van der Waals surface area contributed by atoms with Crippen molar-refractivity contribution >= 4 is 17.4 Å². The zero-order valence-electron chi connectivity index (χ0n) is 13.0. The highest BCUT2D eigenvalue weighted by molar-refractivity contribution is 5.93. The van der Waals surface area contributed by atoms with Crippen LogP contribution in [-0.2, 0) is 4.79 Å². The first-order chi connectivity index (χ1) is 9.97. The van der Waals surface area contributed by atoms with Gasteiger partial charge in [0.05, 0.1) is 17.9 Å². The van der Waals surface area contributed by atoms with Crippen LogP contribution in [0.2, 0.25) is 0 Å². The Labute approximate surface area is 126 Å². The summed E-state index contributed by atoms with van der Waals surface area (Å²) >= 11 is 0. The zero-order valence-corrected chi connectivity index (χ0v) is 13.0. The van der Waals surface area contributed by atoms with Crippen LogP contribution in [0.15, 0.2) is 18.3 Å². The summed E-state index contributed by atoms with van der Waals surface area (Å²) < 4.78 is 0. The number of pyridine rings is 1. The summed E-state index contributed by atoms with van der Waals surface area (Å²) in [6.07, 6.45) is 4.13. The van der Waals surface area contributed by atoms with Gasteiger partial charge in [0, 0.05) is 13.1 Å². The van der Waals surface area contributed by atoms with Crippen LogP contribution in [-0.4, -0.2) is 55.1 Å². The number of piperidine rings is 1. The van der Waals surface area contributed by atoms with Gasteiger partial charge < -0.3 is 20.9 Å². The summed E-state index contributed by atoms with van der Waals surface area (Å²) in [5.41, 5.74) is 6.59. The van der Waals surface area contributed by atoms with Crippen LogP contribution in [0.25, 0.3) is 0 Å². The van der Waals surface area contributed by atoms with Gasteiger partial charge in [-0.25, -0.2) is 4.98 Å². The van der Waals surface area contributed by atoms with Crippen molar-refractivity contribution in [2.24, 2.45) is 5.73 Å². The van der Waals surface area contributed by atoms with E-state index in [0.717, 1.165) is 31.6 Å². The lowest BCUT2D eigenvalue weighted by Crippen LogP contribution is -2.42. The van der Waals surface area contributed by atoms with E-state index in [1.807, 2.05) is 12.1 Å². The quantitative estimate of drug-likeness (QED) is 0.862.